The van der Waals surface area contributed by atoms with E-state index in [4.69, 9.17) is 14.2 Å². The lowest BCUT2D eigenvalue weighted by molar-refractivity contribution is -0.144. The number of benzene rings is 2. The van der Waals surface area contributed by atoms with Gasteiger partial charge in [0.15, 0.2) is 0 Å². The van der Waals surface area contributed by atoms with Crippen LogP contribution >= 0.6 is 21.6 Å². The SMILES string of the molecule is C=CCOC(=O)N[C@H](C(=O)OCC=C)[C@@H](C)SSC[C@H](NC(=O)OCC1c2ccccc2-c2ccccc21)C(=O)O. The Morgan fingerprint density at radius 2 is 1.46 bits per heavy atom. The van der Waals surface area contributed by atoms with Crippen molar-refractivity contribution in [1.29, 1.82) is 0 Å². The van der Waals surface area contributed by atoms with Crippen molar-refractivity contribution in [3.63, 3.8) is 0 Å². The van der Waals surface area contributed by atoms with E-state index < -0.39 is 41.5 Å². The Labute approximate surface area is 246 Å². The van der Waals surface area contributed by atoms with Gasteiger partial charge < -0.3 is 30.0 Å². The van der Waals surface area contributed by atoms with E-state index in [0.29, 0.717) is 0 Å². The number of carboxylic acids is 1. The molecule has 3 N–H and O–H groups in total. The van der Waals surface area contributed by atoms with Gasteiger partial charge in [0.1, 0.15) is 31.9 Å². The van der Waals surface area contributed by atoms with Gasteiger partial charge in [-0.2, -0.15) is 0 Å². The third-order valence-electron chi connectivity index (χ3n) is 6.06. The molecule has 41 heavy (non-hydrogen) atoms. The molecule has 0 saturated carbocycles. The molecule has 0 bridgehead atoms. The van der Waals surface area contributed by atoms with Gasteiger partial charge >= 0.3 is 24.1 Å². The number of esters is 1. The summed E-state index contributed by atoms with van der Waals surface area (Å²) in [5.41, 5.74) is 4.25. The molecule has 0 spiro atoms. The molecule has 2 aromatic carbocycles. The van der Waals surface area contributed by atoms with Crippen LogP contribution in [0.3, 0.4) is 0 Å². The van der Waals surface area contributed by atoms with E-state index in [1.807, 2.05) is 48.5 Å². The molecule has 3 rings (SSSR count). The van der Waals surface area contributed by atoms with E-state index >= 15 is 0 Å². The van der Waals surface area contributed by atoms with E-state index in [0.717, 1.165) is 43.8 Å². The summed E-state index contributed by atoms with van der Waals surface area (Å²) in [5, 5.41) is 14.0. The maximum absolute atomic E-state index is 12.6. The Morgan fingerprint density at radius 3 is 2.05 bits per heavy atom. The first-order valence-corrected chi connectivity index (χ1v) is 15.1. The van der Waals surface area contributed by atoms with Crippen molar-refractivity contribution in [2.45, 2.75) is 30.2 Å². The maximum Gasteiger partial charge on any atom is 0.408 e. The normalized spacial score (nSPS) is 13.9. The lowest BCUT2D eigenvalue weighted by Crippen LogP contribution is -2.47. The molecule has 3 atom stereocenters. The van der Waals surface area contributed by atoms with Gasteiger partial charge in [-0.25, -0.2) is 19.2 Å². The second kappa shape index (κ2) is 15.8. The number of carboxylic acid groups (broad SMARTS) is 1. The molecule has 0 fully saturated rings. The van der Waals surface area contributed by atoms with Gasteiger partial charge in [-0.15, -0.1) is 0 Å². The molecule has 0 saturated heterocycles. The van der Waals surface area contributed by atoms with Crippen LogP contribution in [0.4, 0.5) is 9.59 Å². The van der Waals surface area contributed by atoms with Crippen molar-refractivity contribution < 1.29 is 38.5 Å². The van der Waals surface area contributed by atoms with E-state index in [-0.39, 0.29) is 31.5 Å². The largest absolute Gasteiger partial charge is 0.480 e. The van der Waals surface area contributed by atoms with Crippen molar-refractivity contribution in [2.75, 3.05) is 25.6 Å². The first kappa shape index (κ1) is 31.6. The van der Waals surface area contributed by atoms with Crippen LogP contribution in [-0.4, -0.2) is 72.1 Å². The van der Waals surface area contributed by atoms with Gasteiger partial charge in [-0.05, 0) is 29.2 Å². The van der Waals surface area contributed by atoms with Gasteiger partial charge in [0, 0.05) is 16.9 Å². The quantitative estimate of drug-likeness (QED) is 0.113. The molecule has 0 aliphatic heterocycles. The number of hydrogen-bond donors (Lipinski definition) is 3. The highest BCUT2D eigenvalue weighted by atomic mass is 33.1. The predicted octanol–water partition coefficient (Wildman–Crippen LogP) is 4.76. The summed E-state index contributed by atoms with van der Waals surface area (Å²) < 4.78 is 15.4. The smallest absolute Gasteiger partial charge is 0.408 e. The fourth-order valence-electron chi connectivity index (χ4n) is 4.13. The Morgan fingerprint density at radius 1 is 0.902 bits per heavy atom. The zero-order valence-corrected chi connectivity index (χ0v) is 24.1. The van der Waals surface area contributed by atoms with E-state index in [1.165, 1.54) is 12.2 Å². The summed E-state index contributed by atoms with van der Waals surface area (Å²) in [6, 6.07) is 13.5. The lowest BCUT2D eigenvalue weighted by atomic mass is 9.98. The summed E-state index contributed by atoms with van der Waals surface area (Å²) in [5.74, 6) is -2.14. The first-order chi connectivity index (χ1) is 19.8. The van der Waals surface area contributed by atoms with E-state index in [1.54, 1.807) is 6.92 Å². The fourth-order valence-corrected chi connectivity index (χ4v) is 6.70. The zero-order chi connectivity index (χ0) is 29.8. The molecular formula is C29H32N2O8S2. The van der Waals surface area contributed by atoms with Crippen molar-refractivity contribution in [3.8, 4) is 11.1 Å². The molecular weight excluding hydrogens is 568 g/mol. The van der Waals surface area contributed by atoms with Crippen molar-refractivity contribution >= 4 is 45.7 Å². The van der Waals surface area contributed by atoms with E-state index in [2.05, 4.69) is 23.8 Å². The summed E-state index contributed by atoms with van der Waals surface area (Å²) in [7, 11) is 2.26. The van der Waals surface area contributed by atoms with Crippen LogP contribution in [0, 0.1) is 0 Å². The number of fused-ring (bicyclic) bond motifs is 3. The van der Waals surface area contributed by atoms with Crippen LogP contribution in [0.2, 0.25) is 0 Å². The Kier molecular flexibility index (Phi) is 12.2. The van der Waals surface area contributed by atoms with E-state index in [9.17, 15) is 24.3 Å². The first-order valence-electron chi connectivity index (χ1n) is 12.7. The third kappa shape index (κ3) is 8.79. The molecule has 12 heteroatoms. The number of carbonyl (C=O) groups excluding carboxylic acids is 3. The fraction of sp³-hybridized carbons (Fsp3) is 0.310. The monoisotopic (exact) mass is 600 g/mol. The number of alkyl carbamates (subject to hydrolysis) is 2. The van der Waals surface area contributed by atoms with Gasteiger partial charge in [-0.3, -0.25) is 0 Å². The average molecular weight is 601 g/mol. The van der Waals surface area contributed by atoms with Crippen LogP contribution in [0.1, 0.15) is 24.0 Å². The number of amides is 2. The van der Waals surface area contributed by atoms with Crippen LogP contribution in [0.5, 0.6) is 0 Å². The summed E-state index contributed by atoms with van der Waals surface area (Å²) >= 11 is 0. The molecule has 2 aromatic rings. The number of hydrogen-bond acceptors (Lipinski definition) is 9. The number of nitrogens with one attached hydrogen (secondary N) is 2. The van der Waals surface area contributed by atoms with Gasteiger partial charge in [0.25, 0.3) is 0 Å². The molecule has 10 nitrogen and oxygen atoms in total. The highest BCUT2D eigenvalue weighted by Crippen LogP contribution is 2.44. The van der Waals surface area contributed by atoms with Crippen molar-refractivity contribution in [2.24, 2.45) is 0 Å². The van der Waals surface area contributed by atoms with Gasteiger partial charge in [0.05, 0.1) is 0 Å². The lowest BCUT2D eigenvalue weighted by Gasteiger charge is -2.23. The second-order valence-electron chi connectivity index (χ2n) is 8.87. The number of carbonyl (C=O) groups is 4. The molecule has 218 valence electrons. The molecule has 1 aliphatic rings. The summed E-state index contributed by atoms with van der Waals surface area (Å²) in [6.07, 6.45) is 1.09. The number of rotatable bonds is 15. The molecule has 2 amide bonds. The summed E-state index contributed by atoms with van der Waals surface area (Å²) in [4.78, 5) is 48.9. The Bertz CT molecular complexity index is 1230. The molecule has 0 aromatic heterocycles. The molecule has 0 heterocycles. The molecule has 1 aliphatic carbocycles. The minimum absolute atomic E-state index is 0.0378. The Hall–Kier alpha value is -3.90. The van der Waals surface area contributed by atoms with Crippen molar-refractivity contribution in [3.05, 3.63) is 85.0 Å². The van der Waals surface area contributed by atoms with Gasteiger partial charge in [0.2, 0.25) is 0 Å². The zero-order valence-electron chi connectivity index (χ0n) is 22.4. The standard InChI is InChI=1S/C29H32N2O8S2/c1-4-14-37-27(34)25(31-29(36)38-15-5-2)18(3)41-40-17-24(26(32)33)30-28(35)39-16-23-21-12-8-6-10-19(21)20-11-7-9-13-22(20)23/h4-13,18,23-25H,1-2,14-17H2,3H3,(H,30,35)(H,31,36)(H,32,33)/t18-,24+,25+/m1/s1. The van der Waals surface area contributed by atoms with Crippen LogP contribution < -0.4 is 10.6 Å². The second-order valence-corrected chi connectivity index (χ2v) is 11.7. The molecule has 0 radical (unpaired) electrons. The Balaban J connectivity index is 1.54. The van der Waals surface area contributed by atoms with Gasteiger partial charge in [-0.1, -0.05) is 95.4 Å². The van der Waals surface area contributed by atoms with Crippen molar-refractivity contribution in [1.82, 2.24) is 10.6 Å². The third-order valence-corrected chi connectivity index (χ3v) is 8.97. The van der Waals surface area contributed by atoms with Crippen LogP contribution in [0.25, 0.3) is 11.1 Å². The number of aliphatic carboxylic acids is 1. The maximum atomic E-state index is 12.6. The average Bonchev–Trinajstić information content (AvgIpc) is 3.29. The number of ether oxygens (including phenoxy) is 3. The highest BCUT2D eigenvalue weighted by Gasteiger charge is 2.32. The topological polar surface area (TPSA) is 140 Å². The minimum Gasteiger partial charge on any atom is -0.480 e. The predicted molar refractivity (Wildman–Crippen MR) is 159 cm³/mol. The highest BCUT2D eigenvalue weighted by molar-refractivity contribution is 8.77. The van der Waals surface area contributed by atoms with Crippen LogP contribution in [-0.2, 0) is 23.8 Å². The van der Waals surface area contributed by atoms with Crippen LogP contribution in [0.15, 0.2) is 73.8 Å². The molecule has 0 unspecified atom stereocenters. The summed E-state index contributed by atoms with van der Waals surface area (Å²) in [6.45, 7) is 8.58. The minimum atomic E-state index is -1.26.